The van der Waals surface area contributed by atoms with Crippen molar-refractivity contribution in [2.75, 3.05) is 13.2 Å². The van der Waals surface area contributed by atoms with Crippen LogP contribution in [-0.4, -0.2) is 37.2 Å². The minimum Gasteiger partial charge on any atom is -0.462 e. The maximum atomic E-state index is 12.7. The van der Waals surface area contributed by atoms with Crippen molar-refractivity contribution in [2.45, 2.75) is 264 Å². The number of esters is 3. The summed E-state index contributed by atoms with van der Waals surface area (Å²) in [6.45, 7) is 6.62. The van der Waals surface area contributed by atoms with Gasteiger partial charge < -0.3 is 14.2 Å². The summed E-state index contributed by atoms with van der Waals surface area (Å²) in [6.07, 6.45) is 42.3. The molecule has 0 heterocycles. The maximum Gasteiger partial charge on any atom is 0.306 e. The molecule has 0 fully saturated rings. The van der Waals surface area contributed by atoms with Crippen molar-refractivity contribution in [1.82, 2.24) is 0 Å². The second-order valence-electron chi connectivity index (χ2n) is 15.7. The first-order valence-corrected chi connectivity index (χ1v) is 23.0. The van der Waals surface area contributed by atoms with Crippen molar-refractivity contribution in [3.05, 3.63) is 0 Å². The van der Waals surface area contributed by atoms with Crippen LogP contribution < -0.4 is 0 Å². The van der Waals surface area contributed by atoms with Crippen LogP contribution in [0, 0.1) is 0 Å². The number of carbonyl (C=O) groups is 3. The lowest BCUT2D eigenvalue weighted by Crippen LogP contribution is -2.30. The van der Waals surface area contributed by atoms with Gasteiger partial charge in [-0.15, -0.1) is 0 Å². The molecule has 0 aromatic rings. The zero-order chi connectivity index (χ0) is 38.0. The Balaban J connectivity index is 4.25. The molecule has 52 heavy (non-hydrogen) atoms. The summed E-state index contributed by atoms with van der Waals surface area (Å²) in [6, 6.07) is 0. The van der Waals surface area contributed by atoms with E-state index in [1.54, 1.807) is 0 Å². The van der Waals surface area contributed by atoms with E-state index in [4.69, 9.17) is 14.2 Å². The largest absolute Gasteiger partial charge is 0.462 e. The lowest BCUT2D eigenvalue weighted by Gasteiger charge is -2.18. The summed E-state index contributed by atoms with van der Waals surface area (Å²) in [7, 11) is 0. The molecule has 0 spiro atoms. The molecule has 0 N–H and O–H groups in total. The van der Waals surface area contributed by atoms with Gasteiger partial charge in [0.05, 0.1) is 0 Å². The normalized spacial score (nSPS) is 11.8. The third kappa shape index (κ3) is 39.6. The second-order valence-corrected chi connectivity index (χ2v) is 15.7. The van der Waals surface area contributed by atoms with Gasteiger partial charge in [0.15, 0.2) is 6.10 Å². The van der Waals surface area contributed by atoms with Gasteiger partial charge in [-0.3, -0.25) is 14.4 Å². The average molecular weight is 737 g/mol. The second kappa shape index (κ2) is 42.2. The van der Waals surface area contributed by atoms with Crippen molar-refractivity contribution in [1.29, 1.82) is 0 Å². The summed E-state index contributed by atoms with van der Waals surface area (Å²) in [4.78, 5) is 37.6. The van der Waals surface area contributed by atoms with E-state index in [-0.39, 0.29) is 31.1 Å². The zero-order valence-electron chi connectivity index (χ0n) is 35.1. The Kier molecular flexibility index (Phi) is 40.9. The monoisotopic (exact) mass is 737 g/mol. The van der Waals surface area contributed by atoms with Crippen LogP contribution in [0.15, 0.2) is 0 Å². The van der Waals surface area contributed by atoms with Crippen LogP contribution >= 0.6 is 0 Å². The maximum absolute atomic E-state index is 12.7. The molecule has 0 aromatic carbocycles. The average Bonchev–Trinajstić information content (AvgIpc) is 3.14. The van der Waals surface area contributed by atoms with Crippen LogP contribution in [0.25, 0.3) is 0 Å². The smallest absolute Gasteiger partial charge is 0.306 e. The molecule has 6 nitrogen and oxygen atoms in total. The molecule has 0 rings (SSSR count). The Morgan fingerprint density at radius 1 is 0.308 bits per heavy atom. The fourth-order valence-electron chi connectivity index (χ4n) is 6.85. The van der Waals surface area contributed by atoms with Crippen molar-refractivity contribution in [3.8, 4) is 0 Å². The predicted octanol–water partition coefficient (Wildman–Crippen LogP) is 14.5. The van der Waals surface area contributed by atoms with Crippen LogP contribution in [0.4, 0.5) is 0 Å². The first-order valence-electron chi connectivity index (χ1n) is 23.0. The van der Waals surface area contributed by atoms with Gasteiger partial charge in [-0.05, 0) is 19.3 Å². The van der Waals surface area contributed by atoms with E-state index in [1.807, 2.05) is 0 Å². The third-order valence-corrected chi connectivity index (χ3v) is 10.4. The van der Waals surface area contributed by atoms with E-state index in [0.29, 0.717) is 19.3 Å². The highest BCUT2D eigenvalue weighted by Crippen LogP contribution is 2.16. The van der Waals surface area contributed by atoms with E-state index < -0.39 is 6.10 Å². The summed E-state index contributed by atoms with van der Waals surface area (Å²) in [5.41, 5.74) is 0. The van der Waals surface area contributed by atoms with Gasteiger partial charge >= 0.3 is 17.9 Å². The molecule has 0 saturated carbocycles. The Bertz CT molecular complexity index is 768. The van der Waals surface area contributed by atoms with Crippen molar-refractivity contribution >= 4 is 17.9 Å². The Morgan fingerprint density at radius 3 is 0.769 bits per heavy atom. The SMILES string of the molecule is CCCCCCCCCCCCCCCCC(=O)OCC(COC(=O)CCCCCCCCC)OC(=O)CCCCCCCCCCCCCCC. The number of hydrogen-bond acceptors (Lipinski definition) is 6. The van der Waals surface area contributed by atoms with E-state index >= 15 is 0 Å². The third-order valence-electron chi connectivity index (χ3n) is 10.4. The molecule has 0 aliphatic rings. The van der Waals surface area contributed by atoms with E-state index in [0.717, 1.165) is 57.8 Å². The van der Waals surface area contributed by atoms with Gasteiger partial charge in [0.2, 0.25) is 0 Å². The van der Waals surface area contributed by atoms with Gasteiger partial charge in [-0.2, -0.15) is 0 Å². The van der Waals surface area contributed by atoms with Gasteiger partial charge in [-0.1, -0.05) is 220 Å². The fraction of sp³-hybridized carbons (Fsp3) is 0.935. The highest BCUT2D eigenvalue weighted by Gasteiger charge is 2.19. The topological polar surface area (TPSA) is 78.9 Å². The van der Waals surface area contributed by atoms with E-state index in [2.05, 4.69) is 20.8 Å². The Morgan fingerprint density at radius 2 is 0.519 bits per heavy atom. The van der Waals surface area contributed by atoms with Crippen molar-refractivity contribution < 1.29 is 28.6 Å². The molecule has 0 bridgehead atoms. The van der Waals surface area contributed by atoms with Crippen molar-refractivity contribution in [3.63, 3.8) is 0 Å². The van der Waals surface area contributed by atoms with E-state index in [1.165, 1.54) is 161 Å². The lowest BCUT2D eigenvalue weighted by atomic mass is 10.0. The van der Waals surface area contributed by atoms with Crippen LogP contribution in [0.2, 0.25) is 0 Å². The fourth-order valence-corrected chi connectivity index (χ4v) is 6.85. The first-order chi connectivity index (χ1) is 25.5. The number of unbranched alkanes of at least 4 members (excludes halogenated alkanes) is 31. The van der Waals surface area contributed by atoms with Crippen LogP contribution in [0.5, 0.6) is 0 Å². The molecule has 0 saturated heterocycles. The highest BCUT2D eigenvalue weighted by molar-refractivity contribution is 5.71. The molecule has 0 aliphatic carbocycles. The Hall–Kier alpha value is -1.59. The predicted molar refractivity (Wildman–Crippen MR) is 220 cm³/mol. The minimum absolute atomic E-state index is 0.0630. The molecule has 308 valence electrons. The lowest BCUT2D eigenvalue weighted by molar-refractivity contribution is -0.167. The summed E-state index contributed by atoms with van der Waals surface area (Å²) in [5.74, 6) is -0.857. The summed E-state index contributed by atoms with van der Waals surface area (Å²) >= 11 is 0. The molecule has 0 amide bonds. The quantitative estimate of drug-likeness (QED) is 0.0353. The molecule has 6 heteroatoms. The van der Waals surface area contributed by atoms with Crippen molar-refractivity contribution in [2.24, 2.45) is 0 Å². The number of carbonyl (C=O) groups excluding carboxylic acids is 3. The Labute approximate surface area is 323 Å². The minimum atomic E-state index is -0.757. The van der Waals surface area contributed by atoms with Crippen LogP contribution in [0.1, 0.15) is 258 Å². The zero-order valence-corrected chi connectivity index (χ0v) is 35.1. The highest BCUT2D eigenvalue weighted by atomic mass is 16.6. The first kappa shape index (κ1) is 50.4. The summed E-state index contributed by atoms with van der Waals surface area (Å²) < 4.78 is 16.7. The number of hydrogen-bond donors (Lipinski definition) is 0. The van der Waals surface area contributed by atoms with Crippen LogP contribution in [0.3, 0.4) is 0 Å². The molecule has 1 atom stereocenters. The van der Waals surface area contributed by atoms with Gasteiger partial charge in [-0.25, -0.2) is 0 Å². The van der Waals surface area contributed by atoms with E-state index in [9.17, 15) is 14.4 Å². The molecular weight excluding hydrogens is 648 g/mol. The van der Waals surface area contributed by atoms with Gasteiger partial charge in [0, 0.05) is 19.3 Å². The molecule has 0 aliphatic heterocycles. The van der Waals surface area contributed by atoms with Gasteiger partial charge in [0.1, 0.15) is 13.2 Å². The molecule has 1 unspecified atom stereocenters. The summed E-state index contributed by atoms with van der Waals surface area (Å²) in [5, 5.41) is 0. The van der Waals surface area contributed by atoms with Gasteiger partial charge in [0.25, 0.3) is 0 Å². The number of rotatable bonds is 42. The number of ether oxygens (including phenoxy) is 3. The molecular formula is C46H88O6. The standard InChI is InChI=1S/C46H88O6/c1-4-7-10-13-16-18-20-22-24-25-27-30-33-36-39-45(48)51-42-43(41-50-44(47)38-35-32-29-15-12-9-6-3)52-46(49)40-37-34-31-28-26-23-21-19-17-14-11-8-5-2/h43H,4-42H2,1-3H3. The van der Waals surface area contributed by atoms with Crippen LogP contribution in [-0.2, 0) is 28.6 Å². The molecule has 0 radical (unpaired) electrons. The molecule has 0 aromatic heterocycles.